The third-order valence-electron chi connectivity index (χ3n) is 3.90. The van der Waals surface area contributed by atoms with E-state index in [0.29, 0.717) is 23.1 Å². The number of hydrazone groups is 1. The number of hydrogen-bond acceptors (Lipinski definition) is 6. The molecular weight excluding hydrogens is 416 g/mol. The first-order valence-corrected chi connectivity index (χ1v) is 9.02. The molecule has 0 spiro atoms. The number of halogens is 1. The highest BCUT2D eigenvalue weighted by molar-refractivity contribution is 9.10. The van der Waals surface area contributed by atoms with E-state index in [1.54, 1.807) is 12.1 Å². The van der Waals surface area contributed by atoms with Crippen LogP contribution in [0.4, 0.5) is 11.4 Å². The predicted octanol–water partition coefficient (Wildman–Crippen LogP) is 3.67. The average molecular weight is 435 g/mol. The van der Waals surface area contributed by atoms with E-state index in [4.69, 9.17) is 0 Å². The molecule has 2 aromatic rings. The molecule has 0 saturated carbocycles. The van der Waals surface area contributed by atoms with Crippen molar-refractivity contribution in [3.63, 3.8) is 0 Å². The van der Waals surface area contributed by atoms with Gasteiger partial charge in [-0.1, -0.05) is 15.9 Å². The Labute approximate surface area is 164 Å². The van der Waals surface area contributed by atoms with Gasteiger partial charge in [-0.25, -0.2) is 5.43 Å². The number of anilines is 1. The van der Waals surface area contributed by atoms with Gasteiger partial charge in [-0.3, -0.25) is 14.9 Å². The molecule has 2 N–H and O–H groups in total. The largest absolute Gasteiger partial charge is 0.507 e. The van der Waals surface area contributed by atoms with Gasteiger partial charge in [0.1, 0.15) is 5.75 Å². The van der Waals surface area contributed by atoms with Crippen LogP contribution < -0.4 is 10.3 Å². The van der Waals surface area contributed by atoms with Gasteiger partial charge in [-0.05, 0) is 38.1 Å². The van der Waals surface area contributed by atoms with E-state index in [0.717, 1.165) is 5.69 Å². The standard InChI is InChI=1S/C18H19BrN4O4/c1-3-22(4-2)16-7-6-14(23(26)27)9-12(16)11-20-21-18(25)15-10-13(19)5-8-17(15)24/h5-11,24H,3-4H2,1-2H3,(H,21,25)/b20-11-. The average Bonchev–Trinajstić information content (AvgIpc) is 2.65. The fraction of sp³-hybridized carbons (Fsp3) is 0.222. The summed E-state index contributed by atoms with van der Waals surface area (Å²) in [5, 5.41) is 24.7. The minimum Gasteiger partial charge on any atom is -0.507 e. The van der Waals surface area contributed by atoms with Crippen molar-refractivity contribution in [2.24, 2.45) is 5.10 Å². The van der Waals surface area contributed by atoms with Crippen molar-refractivity contribution in [1.29, 1.82) is 0 Å². The molecule has 0 saturated heterocycles. The van der Waals surface area contributed by atoms with Crippen molar-refractivity contribution < 1.29 is 14.8 Å². The number of rotatable bonds is 7. The van der Waals surface area contributed by atoms with E-state index in [-0.39, 0.29) is 17.0 Å². The quantitative estimate of drug-likeness (QED) is 0.392. The molecule has 0 radical (unpaired) electrons. The lowest BCUT2D eigenvalue weighted by Gasteiger charge is -2.22. The highest BCUT2D eigenvalue weighted by Crippen LogP contribution is 2.24. The summed E-state index contributed by atoms with van der Waals surface area (Å²) in [5.41, 5.74) is 3.60. The predicted molar refractivity (Wildman–Crippen MR) is 108 cm³/mol. The van der Waals surface area contributed by atoms with Gasteiger partial charge >= 0.3 is 0 Å². The number of carbonyl (C=O) groups excluding carboxylic acids is 1. The molecule has 0 aliphatic rings. The number of amides is 1. The van der Waals surface area contributed by atoms with Crippen LogP contribution in [0.25, 0.3) is 0 Å². The maximum absolute atomic E-state index is 12.2. The molecule has 9 heteroatoms. The number of nitrogens with zero attached hydrogens (tertiary/aromatic N) is 3. The lowest BCUT2D eigenvalue weighted by molar-refractivity contribution is -0.384. The smallest absolute Gasteiger partial charge is 0.275 e. The molecule has 0 bridgehead atoms. The van der Waals surface area contributed by atoms with Gasteiger partial charge in [0.25, 0.3) is 11.6 Å². The molecule has 142 valence electrons. The first kappa shape index (κ1) is 20.4. The Balaban J connectivity index is 2.28. The zero-order chi connectivity index (χ0) is 20.0. The van der Waals surface area contributed by atoms with Gasteiger partial charge in [0, 0.05) is 40.9 Å². The maximum Gasteiger partial charge on any atom is 0.275 e. The number of phenolic OH excluding ortho intramolecular Hbond substituents is 1. The number of phenols is 1. The fourth-order valence-corrected chi connectivity index (χ4v) is 2.88. The monoisotopic (exact) mass is 434 g/mol. The van der Waals surface area contributed by atoms with Crippen molar-refractivity contribution in [3.05, 3.63) is 62.1 Å². The number of non-ortho nitro benzene ring substituents is 1. The summed E-state index contributed by atoms with van der Waals surface area (Å²) in [5.74, 6) is -0.773. The summed E-state index contributed by atoms with van der Waals surface area (Å²) in [7, 11) is 0. The van der Waals surface area contributed by atoms with Gasteiger partial charge in [-0.2, -0.15) is 5.10 Å². The lowest BCUT2D eigenvalue weighted by Crippen LogP contribution is -2.23. The van der Waals surface area contributed by atoms with Gasteiger partial charge in [0.2, 0.25) is 0 Å². The van der Waals surface area contributed by atoms with E-state index in [9.17, 15) is 20.0 Å². The van der Waals surface area contributed by atoms with E-state index in [1.165, 1.54) is 30.5 Å². The Kier molecular flexibility index (Phi) is 6.89. The minimum absolute atomic E-state index is 0.0598. The molecule has 0 fully saturated rings. The summed E-state index contributed by atoms with van der Waals surface area (Å²) in [6.45, 7) is 5.38. The maximum atomic E-state index is 12.2. The van der Waals surface area contributed by atoms with Gasteiger partial charge in [0.05, 0.1) is 16.7 Å². The third-order valence-corrected chi connectivity index (χ3v) is 4.39. The number of carbonyl (C=O) groups is 1. The molecule has 1 amide bonds. The van der Waals surface area contributed by atoms with E-state index >= 15 is 0 Å². The number of aromatic hydroxyl groups is 1. The van der Waals surface area contributed by atoms with Crippen LogP contribution >= 0.6 is 15.9 Å². The number of hydrogen-bond donors (Lipinski definition) is 2. The van der Waals surface area contributed by atoms with Crippen molar-refractivity contribution in [1.82, 2.24) is 5.43 Å². The summed E-state index contributed by atoms with van der Waals surface area (Å²) in [4.78, 5) is 24.8. The molecule has 0 aliphatic carbocycles. The van der Waals surface area contributed by atoms with Crippen molar-refractivity contribution >= 4 is 39.4 Å². The summed E-state index contributed by atoms with van der Waals surface area (Å²) >= 11 is 3.23. The second-order valence-corrected chi connectivity index (χ2v) is 6.45. The van der Waals surface area contributed by atoms with E-state index < -0.39 is 10.8 Å². The summed E-state index contributed by atoms with van der Waals surface area (Å²) in [6.07, 6.45) is 1.35. The number of nitro groups is 1. The van der Waals surface area contributed by atoms with Crippen LogP contribution in [0.3, 0.4) is 0 Å². The zero-order valence-electron chi connectivity index (χ0n) is 14.8. The van der Waals surface area contributed by atoms with Crippen LogP contribution in [0, 0.1) is 10.1 Å². The van der Waals surface area contributed by atoms with Gasteiger partial charge in [0.15, 0.2) is 0 Å². The molecule has 0 aliphatic heterocycles. The topological polar surface area (TPSA) is 108 Å². The van der Waals surface area contributed by atoms with Crippen LogP contribution in [0.1, 0.15) is 29.8 Å². The van der Waals surface area contributed by atoms with Crippen LogP contribution in [-0.2, 0) is 0 Å². The molecular formula is C18H19BrN4O4. The SMILES string of the molecule is CCN(CC)c1ccc([N+](=O)[O-])cc1/C=N\NC(=O)c1cc(Br)ccc1O. The summed E-state index contributed by atoms with van der Waals surface area (Å²) < 4.78 is 0.636. The Morgan fingerprint density at radius 1 is 1.30 bits per heavy atom. The Morgan fingerprint density at radius 2 is 2.00 bits per heavy atom. The normalized spacial score (nSPS) is 10.8. The molecule has 0 atom stereocenters. The highest BCUT2D eigenvalue weighted by Gasteiger charge is 2.14. The van der Waals surface area contributed by atoms with E-state index in [2.05, 4.69) is 26.5 Å². The molecule has 0 heterocycles. The fourth-order valence-electron chi connectivity index (χ4n) is 2.52. The summed E-state index contributed by atoms with van der Waals surface area (Å²) in [6, 6.07) is 8.96. The second-order valence-electron chi connectivity index (χ2n) is 5.53. The molecule has 0 aromatic heterocycles. The first-order valence-electron chi connectivity index (χ1n) is 8.22. The zero-order valence-corrected chi connectivity index (χ0v) is 16.4. The van der Waals surface area contributed by atoms with Crippen LogP contribution in [0.2, 0.25) is 0 Å². The lowest BCUT2D eigenvalue weighted by atomic mass is 10.1. The Hall–Kier alpha value is -2.94. The second kappa shape index (κ2) is 9.13. The molecule has 2 aromatic carbocycles. The Bertz CT molecular complexity index is 882. The van der Waals surface area contributed by atoms with Crippen molar-refractivity contribution in [2.45, 2.75) is 13.8 Å². The molecule has 0 unspecified atom stereocenters. The number of benzene rings is 2. The van der Waals surface area contributed by atoms with Crippen LogP contribution in [0.5, 0.6) is 5.75 Å². The minimum atomic E-state index is -0.597. The van der Waals surface area contributed by atoms with E-state index in [1.807, 2.05) is 18.7 Å². The molecule has 27 heavy (non-hydrogen) atoms. The molecule has 8 nitrogen and oxygen atoms in total. The van der Waals surface area contributed by atoms with Crippen molar-refractivity contribution in [2.75, 3.05) is 18.0 Å². The highest BCUT2D eigenvalue weighted by atomic mass is 79.9. The van der Waals surface area contributed by atoms with Gasteiger partial charge < -0.3 is 10.0 Å². The Morgan fingerprint density at radius 3 is 2.63 bits per heavy atom. The van der Waals surface area contributed by atoms with Crippen LogP contribution in [0.15, 0.2) is 46.0 Å². The first-order chi connectivity index (χ1) is 12.9. The molecule has 2 rings (SSSR count). The third kappa shape index (κ3) is 5.04. The number of nitro benzene ring substituents is 1. The van der Waals surface area contributed by atoms with Crippen LogP contribution in [-0.4, -0.2) is 35.2 Å². The van der Waals surface area contributed by atoms with Crippen molar-refractivity contribution in [3.8, 4) is 5.75 Å². The number of nitrogens with one attached hydrogen (secondary N) is 1. The van der Waals surface area contributed by atoms with Gasteiger partial charge in [-0.15, -0.1) is 0 Å².